The van der Waals surface area contributed by atoms with Crippen molar-refractivity contribution in [2.24, 2.45) is 0 Å². The highest BCUT2D eigenvalue weighted by Crippen LogP contribution is 2.25. The summed E-state index contributed by atoms with van der Waals surface area (Å²) in [6.07, 6.45) is 2.78. The molecule has 0 radical (unpaired) electrons. The number of rotatable bonds is 3. The molecule has 5 nitrogen and oxygen atoms in total. The van der Waals surface area contributed by atoms with Crippen molar-refractivity contribution in [2.45, 2.75) is 26.3 Å². The van der Waals surface area contributed by atoms with E-state index in [1.807, 2.05) is 13.1 Å². The number of piperazine rings is 1. The second kappa shape index (κ2) is 4.83. The van der Waals surface area contributed by atoms with Gasteiger partial charge in [-0.1, -0.05) is 6.92 Å². The first-order chi connectivity index (χ1) is 8.11. The van der Waals surface area contributed by atoms with Gasteiger partial charge in [0.05, 0.1) is 12.6 Å². The van der Waals surface area contributed by atoms with E-state index in [1.54, 1.807) is 16.2 Å². The molecule has 2 heterocycles. The van der Waals surface area contributed by atoms with Crippen molar-refractivity contribution in [1.82, 2.24) is 15.2 Å². The summed E-state index contributed by atoms with van der Waals surface area (Å²) < 4.78 is 0. The second-order valence-corrected chi connectivity index (χ2v) is 5.14. The van der Waals surface area contributed by atoms with E-state index in [0.29, 0.717) is 0 Å². The Morgan fingerprint density at radius 3 is 3.00 bits per heavy atom. The predicted octanol–water partition coefficient (Wildman–Crippen LogP) is 0.725. The Bertz CT molecular complexity index is 444. The zero-order valence-electron chi connectivity index (χ0n) is 9.90. The third-order valence-corrected chi connectivity index (χ3v) is 4.13. The lowest BCUT2D eigenvalue weighted by Crippen LogP contribution is -2.52. The van der Waals surface area contributed by atoms with Gasteiger partial charge in [-0.2, -0.15) is 0 Å². The van der Waals surface area contributed by atoms with Crippen LogP contribution in [0.15, 0.2) is 6.20 Å². The van der Waals surface area contributed by atoms with Gasteiger partial charge < -0.3 is 10.2 Å². The molecule has 1 fully saturated rings. The van der Waals surface area contributed by atoms with Crippen LogP contribution < -0.4 is 5.32 Å². The van der Waals surface area contributed by atoms with Crippen LogP contribution in [0, 0.1) is 0 Å². The summed E-state index contributed by atoms with van der Waals surface area (Å²) in [5.41, 5.74) is 0. The SMILES string of the molecule is CCc1cnc(C(C)N2CC(=O)NCC2=O)s1. The van der Waals surface area contributed by atoms with Crippen LogP contribution in [0.5, 0.6) is 0 Å². The molecule has 0 aliphatic carbocycles. The maximum atomic E-state index is 11.7. The number of aryl methyl sites for hydroxylation is 1. The van der Waals surface area contributed by atoms with Gasteiger partial charge in [-0.15, -0.1) is 11.3 Å². The molecule has 1 saturated heterocycles. The standard InChI is InChI=1S/C11H15N3O2S/c1-3-8-4-13-11(17-8)7(2)14-6-9(15)12-5-10(14)16/h4,7H,3,5-6H2,1-2H3,(H,12,15). The second-order valence-electron chi connectivity index (χ2n) is 3.99. The molecule has 1 atom stereocenters. The minimum Gasteiger partial charge on any atom is -0.345 e. The van der Waals surface area contributed by atoms with Gasteiger partial charge in [-0.05, 0) is 13.3 Å². The lowest BCUT2D eigenvalue weighted by Gasteiger charge is -2.30. The molecule has 0 bridgehead atoms. The fourth-order valence-corrected chi connectivity index (χ4v) is 2.66. The van der Waals surface area contributed by atoms with Crippen LogP contribution >= 0.6 is 11.3 Å². The molecule has 1 aromatic heterocycles. The van der Waals surface area contributed by atoms with E-state index in [-0.39, 0.29) is 30.9 Å². The summed E-state index contributed by atoms with van der Waals surface area (Å²) in [5.74, 6) is -0.158. The van der Waals surface area contributed by atoms with E-state index in [2.05, 4.69) is 17.2 Å². The molecule has 0 spiro atoms. The van der Waals surface area contributed by atoms with Crippen LogP contribution in [0.25, 0.3) is 0 Å². The molecule has 92 valence electrons. The van der Waals surface area contributed by atoms with E-state index in [4.69, 9.17) is 0 Å². The summed E-state index contributed by atoms with van der Waals surface area (Å²) in [5, 5.41) is 3.43. The van der Waals surface area contributed by atoms with Gasteiger partial charge in [-0.3, -0.25) is 9.59 Å². The maximum Gasteiger partial charge on any atom is 0.243 e. The van der Waals surface area contributed by atoms with Gasteiger partial charge in [0.1, 0.15) is 11.6 Å². The van der Waals surface area contributed by atoms with Crippen LogP contribution in [0.4, 0.5) is 0 Å². The van der Waals surface area contributed by atoms with Crippen molar-refractivity contribution in [2.75, 3.05) is 13.1 Å². The molecule has 1 aromatic rings. The zero-order chi connectivity index (χ0) is 12.4. The van der Waals surface area contributed by atoms with E-state index in [9.17, 15) is 9.59 Å². The Hall–Kier alpha value is -1.43. The monoisotopic (exact) mass is 253 g/mol. The number of thiazole rings is 1. The summed E-state index contributed by atoms with van der Waals surface area (Å²) in [6, 6.07) is -0.126. The van der Waals surface area contributed by atoms with Gasteiger partial charge in [-0.25, -0.2) is 4.98 Å². The fourth-order valence-electron chi connectivity index (χ4n) is 1.74. The molecule has 2 rings (SSSR count). The van der Waals surface area contributed by atoms with Crippen molar-refractivity contribution in [3.05, 3.63) is 16.1 Å². The molecular weight excluding hydrogens is 238 g/mol. The molecule has 1 aliphatic rings. The molecule has 1 unspecified atom stereocenters. The maximum absolute atomic E-state index is 11.7. The summed E-state index contributed by atoms with van der Waals surface area (Å²) in [6.45, 7) is 4.20. The molecule has 1 N–H and O–H groups in total. The Balaban J connectivity index is 2.15. The lowest BCUT2D eigenvalue weighted by molar-refractivity contribution is -0.142. The quantitative estimate of drug-likeness (QED) is 0.863. The van der Waals surface area contributed by atoms with Crippen molar-refractivity contribution < 1.29 is 9.59 Å². The van der Waals surface area contributed by atoms with Crippen LogP contribution in [0.2, 0.25) is 0 Å². The molecule has 0 aromatic carbocycles. The van der Waals surface area contributed by atoms with Gasteiger partial charge in [0.25, 0.3) is 0 Å². The molecule has 1 aliphatic heterocycles. The number of hydrogen-bond acceptors (Lipinski definition) is 4. The molecule has 6 heteroatoms. The third kappa shape index (κ3) is 2.46. The van der Waals surface area contributed by atoms with E-state index in [1.165, 1.54) is 4.88 Å². The number of nitrogens with one attached hydrogen (secondary N) is 1. The molecule has 17 heavy (non-hydrogen) atoms. The van der Waals surface area contributed by atoms with Crippen LogP contribution in [0.3, 0.4) is 0 Å². The van der Waals surface area contributed by atoms with E-state index < -0.39 is 0 Å². The molecular formula is C11H15N3O2S. The molecule has 0 saturated carbocycles. The van der Waals surface area contributed by atoms with Crippen molar-refractivity contribution in [3.8, 4) is 0 Å². The number of carbonyl (C=O) groups excluding carboxylic acids is 2. The zero-order valence-corrected chi connectivity index (χ0v) is 10.7. The summed E-state index contributed by atoms with van der Waals surface area (Å²) >= 11 is 1.60. The lowest BCUT2D eigenvalue weighted by atomic mass is 10.2. The molecule has 2 amide bonds. The largest absolute Gasteiger partial charge is 0.345 e. The number of hydrogen-bond donors (Lipinski definition) is 1. The minimum atomic E-state index is -0.126. The highest BCUT2D eigenvalue weighted by Gasteiger charge is 2.29. The van der Waals surface area contributed by atoms with Crippen LogP contribution in [0.1, 0.15) is 29.8 Å². The Labute approximate surface area is 104 Å². The predicted molar refractivity (Wildman–Crippen MR) is 64.6 cm³/mol. The van der Waals surface area contributed by atoms with Crippen LogP contribution in [-0.2, 0) is 16.0 Å². The minimum absolute atomic E-state index is 0.0506. The Morgan fingerprint density at radius 2 is 2.35 bits per heavy atom. The van der Waals surface area contributed by atoms with Gasteiger partial charge in [0, 0.05) is 11.1 Å². The third-order valence-electron chi connectivity index (χ3n) is 2.82. The van der Waals surface area contributed by atoms with Gasteiger partial charge in [0.2, 0.25) is 11.8 Å². The first-order valence-corrected chi connectivity index (χ1v) is 6.44. The van der Waals surface area contributed by atoms with Gasteiger partial charge in [0.15, 0.2) is 0 Å². The Kier molecular flexibility index (Phi) is 3.42. The highest BCUT2D eigenvalue weighted by molar-refractivity contribution is 7.11. The number of amides is 2. The number of nitrogens with zero attached hydrogens (tertiary/aromatic N) is 2. The summed E-state index contributed by atoms with van der Waals surface area (Å²) in [4.78, 5) is 30.1. The van der Waals surface area contributed by atoms with Crippen molar-refractivity contribution in [3.63, 3.8) is 0 Å². The van der Waals surface area contributed by atoms with Gasteiger partial charge >= 0.3 is 0 Å². The first-order valence-electron chi connectivity index (χ1n) is 5.62. The average Bonchev–Trinajstić information content (AvgIpc) is 2.80. The fraction of sp³-hybridized carbons (Fsp3) is 0.545. The highest BCUT2D eigenvalue weighted by atomic mass is 32.1. The smallest absolute Gasteiger partial charge is 0.243 e. The topological polar surface area (TPSA) is 62.3 Å². The summed E-state index contributed by atoms with van der Waals surface area (Å²) in [7, 11) is 0. The average molecular weight is 253 g/mol. The van der Waals surface area contributed by atoms with E-state index in [0.717, 1.165) is 11.4 Å². The van der Waals surface area contributed by atoms with Crippen molar-refractivity contribution in [1.29, 1.82) is 0 Å². The Morgan fingerprint density at radius 1 is 1.59 bits per heavy atom. The van der Waals surface area contributed by atoms with Crippen LogP contribution in [-0.4, -0.2) is 34.8 Å². The van der Waals surface area contributed by atoms with E-state index >= 15 is 0 Å². The number of carbonyl (C=O) groups is 2. The number of aromatic nitrogens is 1. The first kappa shape index (κ1) is 12.0. The normalized spacial score (nSPS) is 18.1. The van der Waals surface area contributed by atoms with Crippen molar-refractivity contribution >= 4 is 23.2 Å².